The maximum Gasteiger partial charge on any atom is 0.320 e. The second kappa shape index (κ2) is 6.27. The molecule has 112 valence electrons. The molecule has 0 aliphatic carbocycles. The first-order valence-electron chi connectivity index (χ1n) is 5.83. The molecular formula is C12H11F2N3O4. The highest BCUT2D eigenvalue weighted by Crippen LogP contribution is 2.29. The summed E-state index contributed by atoms with van der Waals surface area (Å²) in [6.45, 7) is -3.45. The fourth-order valence-corrected chi connectivity index (χ4v) is 1.70. The highest BCUT2D eigenvalue weighted by Gasteiger charge is 2.18. The van der Waals surface area contributed by atoms with Gasteiger partial charge in [-0.15, -0.1) is 0 Å². The summed E-state index contributed by atoms with van der Waals surface area (Å²) in [5.74, 6) is -0.133. The Labute approximate surface area is 117 Å². The summed E-state index contributed by atoms with van der Waals surface area (Å²) in [5, 5.41) is 19.9. The van der Waals surface area contributed by atoms with Crippen LogP contribution >= 0.6 is 0 Å². The van der Waals surface area contributed by atoms with E-state index in [-0.39, 0.29) is 30.5 Å². The number of hydrogen-bond donors (Lipinski definition) is 1. The minimum absolute atomic E-state index is 0.0504. The van der Waals surface area contributed by atoms with Gasteiger partial charge in [0.2, 0.25) is 0 Å². The van der Waals surface area contributed by atoms with E-state index in [2.05, 4.69) is 4.98 Å². The molecule has 7 nitrogen and oxygen atoms in total. The van der Waals surface area contributed by atoms with E-state index < -0.39 is 11.5 Å². The van der Waals surface area contributed by atoms with Crippen LogP contribution in [0.4, 0.5) is 14.5 Å². The summed E-state index contributed by atoms with van der Waals surface area (Å²) in [6, 6.07) is 3.91. The highest BCUT2D eigenvalue weighted by molar-refractivity contribution is 5.48. The number of halogens is 2. The zero-order valence-corrected chi connectivity index (χ0v) is 10.6. The van der Waals surface area contributed by atoms with E-state index in [1.54, 1.807) is 0 Å². The van der Waals surface area contributed by atoms with Crippen molar-refractivity contribution >= 4 is 5.69 Å². The average Bonchev–Trinajstić information content (AvgIpc) is 2.93. The van der Waals surface area contributed by atoms with Gasteiger partial charge in [-0.05, 0) is 11.6 Å². The predicted octanol–water partition coefficient (Wildman–Crippen LogP) is 2.26. The fourth-order valence-electron chi connectivity index (χ4n) is 1.70. The van der Waals surface area contributed by atoms with Crippen molar-refractivity contribution in [1.82, 2.24) is 9.55 Å². The van der Waals surface area contributed by atoms with Crippen LogP contribution in [0.1, 0.15) is 17.9 Å². The number of rotatable bonds is 6. The molecule has 2 rings (SSSR count). The summed E-state index contributed by atoms with van der Waals surface area (Å²) >= 11 is 0. The van der Waals surface area contributed by atoms with E-state index in [9.17, 15) is 18.9 Å². The van der Waals surface area contributed by atoms with Crippen LogP contribution in [0.3, 0.4) is 0 Å². The van der Waals surface area contributed by atoms with Gasteiger partial charge in [-0.1, -0.05) is 6.07 Å². The molecule has 0 saturated carbocycles. The smallest absolute Gasteiger partial charge is 0.320 e. The molecule has 9 heteroatoms. The number of aromatic nitrogens is 2. The third-order valence-corrected chi connectivity index (χ3v) is 2.72. The minimum Gasteiger partial charge on any atom is -0.479 e. The van der Waals surface area contributed by atoms with E-state index in [4.69, 9.17) is 9.84 Å². The molecule has 0 aliphatic heterocycles. The Hall–Kier alpha value is -2.55. The molecule has 2 aromatic rings. The van der Waals surface area contributed by atoms with Crippen molar-refractivity contribution in [2.75, 3.05) is 0 Å². The van der Waals surface area contributed by atoms with Gasteiger partial charge in [-0.2, -0.15) is 8.78 Å². The number of ether oxygens (including phenoxy) is 1. The molecule has 1 aromatic carbocycles. The van der Waals surface area contributed by atoms with Gasteiger partial charge in [-0.3, -0.25) is 14.7 Å². The zero-order valence-electron chi connectivity index (χ0n) is 10.6. The van der Waals surface area contributed by atoms with Crippen molar-refractivity contribution in [2.45, 2.75) is 19.8 Å². The SMILES string of the molecule is O=[N+]([O-])c1cc(CO)ccc1OCc1nccn1C(F)F. The quantitative estimate of drug-likeness (QED) is 0.652. The number of nitrogens with zero attached hydrogens (tertiary/aromatic N) is 3. The monoisotopic (exact) mass is 299 g/mol. The van der Waals surface area contributed by atoms with Crippen LogP contribution in [-0.4, -0.2) is 19.6 Å². The Bertz CT molecular complexity index is 645. The molecule has 0 radical (unpaired) electrons. The lowest BCUT2D eigenvalue weighted by Gasteiger charge is -2.09. The van der Waals surface area contributed by atoms with Crippen molar-refractivity contribution in [1.29, 1.82) is 0 Å². The molecule has 1 heterocycles. The van der Waals surface area contributed by atoms with Crippen LogP contribution in [0.15, 0.2) is 30.6 Å². The Morgan fingerprint density at radius 2 is 2.24 bits per heavy atom. The molecule has 0 amide bonds. The van der Waals surface area contributed by atoms with E-state index in [0.29, 0.717) is 10.1 Å². The maximum absolute atomic E-state index is 12.6. The van der Waals surface area contributed by atoms with Crippen LogP contribution in [0.5, 0.6) is 5.75 Å². The molecule has 0 fully saturated rings. The summed E-state index contributed by atoms with van der Waals surface area (Å²) in [4.78, 5) is 14.0. The third-order valence-electron chi connectivity index (χ3n) is 2.72. The van der Waals surface area contributed by atoms with Crippen molar-refractivity contribution in [3.8, 4) is 5.75 Å². The van der Waals surface area contributed by atoms with E-state index in [1.165, 1.54) is 18.3 Å². The molecule has 21 heavy (non-hydrogen) atoms. The van der Waals surface area contributed by atoms with Crippen molar-refractivity contribution in [2.24, 2.45) is 0 Å². The van der Waals surface area contributed by atoms with E-state index in [0.717, 1.165) is 12.3 Å². The van der Waals surface area contributed by atoms with E-state index >= 15 is 0 Å². The second-order valence-electron chi connectivity index (χ2n) is 4.03. The Morgan fingerprint density at radius 1 is 1.48 bits per heavy atom. The Kier molecular flexibility index (Phi) is 4.43. The number of imidazole rings is 1. The lowest BCUT2D eigenvalue weighted by atomic mass is 10.2. The molecule has 0 bridgehead atoms. The summed E-state index contributed by atoms with van der Waals surface area (Å²) in [5.41, 5.74) is -0.000154. The van der Waals surface area contributed by atoms with Gasteiger partial charge >= 0.3 is 12.2 Å². The second-order valence-corrected chi connectivity index (χ2v) is 4.03. The van der Waals surface area contributed by atoms with Crippen molar-refractivity contribution in [3.05, 3.63) is 52.1 Å². The number of hydrogen-bond acceptors (Lipinski definition) is 5. The Morgan fingerprint density at radius 3 is 2.86 bits per heavy atom. The predicted molar refractivity (Wildman–Crippen MR) is 66.8 cm³/mol. The van der Waals surface area contributed by atoms with Crippen LogP contribution in [0.2, 0.25) is 0 Å². The van der Waals surface area contributed by atoms with Gasteiger partial charge in [0, 0.05) is 18.5 Å². The van der Waals surface area contributed by atoms with Crippen molar-refractivity contribution in [3.63, 3.8) is 0 Å². The first-order valence-corrected chi connectivity index (χ1v) is 5.83. The lowest BCUT2D eigenvalue weighted by Crippen LogP contribution is -2.08. The minimum atomic E-state index is -2.77. The molecule has 1 aromatic heterocycles. The topological polar surface area (TPSA) is 90.4 Å². The van der Waals surface area contributed by atoms with E-state index in [1.807, 2.05) is 0 Å². The summed E-state index contributed by atoms with van der Waals surface area (Å²) in [7, 11) is 0. The lowest BCUT2D eigenvalue weighted by molar-refractivity contribution is -0.386. The third kappa shape index (κ3) is 3.31. The standard InChI is InChI=1S/C12H11F2N3O4/c13-12(14)16-4-3-15-11(16)7-21-10-2-1-8(6-18)5-9(10)17(19)20/h1-5,12,18H,6-7H2. The van der Waals surface area contributed by atoms with Crippen LogP contribution in [-0.2, 0) is 13.2 Å². The van der Waals surface area contributed by atoms with Gasteiger partial charge in [0.25, 0.3) is 0 Å². The zero-order chi connectivity index (χ0) is 15.4. The maximum atomic E-state index is 12.6. The molecular weight excluding hydrogens is 288 g/mol. The number of aliphatic hydroxyl groups is 1. The summed E-state index contributed by atoms with van der Waals surface area (Å²) < 4.78 is 31.0. The molecule has 0 atom stereocenters. The van der Waals surface area contributed by atoms with Crippen LogP contribution in [0.25, 0.3) is 0 Å². The first kappa shape index (κ1) is 14.9. The number of aliphatic hydroxyl groups excluding tert-OH is 1. The average molecular weight is 299 g/mol. The van der Waals surface area contributed by atoms with Crippen molar-refractivity contribution < 1.29 is 23.5 Å². The van der Waals surface area contributed by atoms with Gasteiger partial charge < -0.3 is 9.84 Å². The molecule has 0 aliphatic rings. The first-order chi connectivity index (χ1) is 10.0. The van der Waals surface area contributed by atoms with Gasteiger partial charge in [0.15, 0.2) is 11.6 Å². The largest absolute Gasteiger partial charge is 0.479 e. The molecule has 0 unspecified atom stereocenters. The number of nitro benzene ring substituents is 1. The highest BCUT2D eigenvalue weighted by atomic mass is 19.3. The van der Waals surface area contributed by atoms with Crippen LogP contribution < -0.4 is 4.74 Å². The Balaban J connectivity index is 2.20. The van der Waals surface area contributed by atoms with Gasteiger partial charge in [0.1, 0.15) is 6.61 Å². The van der Waals surface area contributed by atoms with Gasteiger partial charge in [-0.25, -0.2) is 4.98 Å². The number of benzene rings is 1. The fraction of sp³-hybridized carbons (Fsp3) is 0.250. The molecule has 0 saturated heterocycles. The number of alkyl halides is 2. The molecule has 1 N–H and O–H groups in total. The van der Waals surface area contributed by atoms with Crippen LogP contribution in [0, 0.1) is 10.1 Å². The number of nitro groups is 1. The normalized spacial score (nSPS) is 10.9. The molecule has 0 spiro atoms. The van der Waals surface area contributed by atoms with Gasteiger partial charge in [0.05, 0.1) is 11.5 Å². The summed E-state index contributed by atoms with van der Waals surface area (Å²) in [6.07, 6.45) is 2.28.